The molecular weight excluding hydrogens is 246 g/mol. The van der Waals surface area contributed by atoms with Gasteiger partial charge in [0, 0.05) is 14.2 Å². The lowest BCUT2D eigenvalue weighted by Gasteiger charge is -2.21. The van der Waals surface area contributed by atoms with E-state index in [1.54, 1.807) is 6.07 Å². The molecule has 1 heterocycles. The number of hydrogen-bond donors (Lipinski definition) is 0. The Morgan fingerprint density at radius 3 is 2.47 bits per heavy atom. The summed E-state index contributed by atoms with van der Waals surface area (Å²) in [5.41, 5.74) is 2.05. The van der Waals surface area contributed by atoms with Crippen LogP contribution in [0.15, 0.2) is 18.2 Å². The highest BCUT2D eigenvalue weighted by molar-refractivity contribution is 6.52. The number of methoxy groups -OCH3 is 2. The third-order valence-electron chi connectivity index (χ3n) is 3.32. The fourth-order valence-corrected chi connectivity index (χ4v) is 2.28. The Hall–Kier alpha value is -1.72. The number of aryl methyl sites for hydroxylation is 1. The molecule has 0 atom stereocenters. The largest absolute Gasteiger partial charge is 0.354 e. The summed E-state index contributed by atoms with van der Waals surface area (Å²) in [6, 6.07) is 5.50. The highest BCUT2D eigenvalue weighted by Gasteiger charge is 2.38. The van der Waals surface area contributed by atoms with Crippen molar-refractivity contribution in [2.75, 3.05) is 25.7 Å². The van der Waals surface area contributed by atoms with E-state index in [-0.39, 0.29) is 6.54 Å². The minimum absolute atomic E-state index is 0.206. The molecule has 5 nitrogen and oxygen atoms in total. The van der Waals surface area contributed by atoms with Crippen LogP contribution in [0, 0.1) is 0 Å². The maximum absolute atomic E-state index is 12.1. The van der Waals surface area contributed by atoms with Crippen LogP contribution in [0.4, 0.5) is 5.69 Å². The second kappa shape index (κ2) is 5.50. The number of rotatable bonds is 5. The minimum atomic E-state index is -0.548. The Kier molecular flexibility index (Phi) is 3.97. The highest BCUT2D eigenvalue weighted by Crippen LogP contribution is 2.32. The van der Waals surface area contributed by atoms with Gasteiger partial charge in [-0.1, -0.05) is 19.1 Å². The quantitative estimate of drug-likeness (QED) is 0.595. The van der Waals surface area contributed by atoms with Gasteiger partial charge < -0.3 is 9.47 Å². The third kappa shape index (κ3) is 2.27. The van der Waals surface area contributed by atoms with Crippen molar-refractivity contribution in [3.8, 4) is 0 Å². The van der Waals surface area contributed by atoms with Gasteiger partial charge >= 0.3 is 0 Å². The maximum atomic E-state index is 12.1. The van der Waals surface area contributed by atoms with E-state index in [9.17, 15) is 9.59 Å². The number of benzene rings is 1. The molecule has 0 saturated heterocycles. The van der Waals surface area contributed by atoms with Gasteiger partial charge in [0.2, 0.25) is 0 Å². The van der Waals surface area contributed by atoms with Crippen LogP contribution in [0.5, 0.6) is 0 Å². The summed E-state index contributed by atoms with van der Waals surface area (Å²) in [6.07, 6.45) is 0.168. The number of carbonyl (C=O) groups excluding carboxylic acids is 2. The third-order valence-corrected chi connectivity index (χ3v) is 3.32. The number of ether oxygens (including phenoxy) is 2. The van der Waals surface area contributed by atoms with Gasteiger partial charge in [-0.15, -0.1) is 0 Å². The first kappa shape index (κ1) is 13.7. The normalized spacial score (nSPS) is 14.4. The number of anilines is 1. The van der Waals surface area contributed by atoms with Gasteiger partial charge in [0.15, 0.2) is 6.29 Å². The van der Waals surface area contributed by atoms with Crippen LogP contribution < -0.4 is 4.90 Å². The van der Waals surface area contributed by atoms with Crippen molar-refractivity contribution < 1.29 is 19.1 Å². The molecule has 1 aromatic carbocycles. The number of hydrogen-bond acceptors (Lipinski definition) is 4. The Labute approximate surface area is 112 Å². The topological polar surface area (TPSA) is 55.8 Å². The average molecular weight is 263 g/mol. The van der Waals surface area contributed by atoms with Gasteiger partial charge in [0.05, 0.1) is 17.8 Å². The van der Waals surface area contributed by atoms with E-state index < -0.39 is 18.0 Å². The summed E-state index contributed by atoms with van der Waals surface area (Å²) in [7, 11) is 3.00. The molecule has 0 N–H and O–H groups in total. The van der Waals surface area contributed by atoms with Gasteiger partial charge in [0.1, 0.15) is 0 Å². The summed E-state index contributed by atoms with van der Waals surface area (Å²) in [4.78, 5) is 25.6. The second-order valence-electron chi connectivity index (χ2n) is 4.31. The molecule has 0 fully saturated rings. The Bertz CT molecular complexity index is 508. The smallest absolute Gasteiger partial charge is 0.299 e. The molecule has 0 spiro atoms. The van der Waals surface area contributed by atoms with E-state index in [1.807, 2.05) is 19.1 Å². The molecule has 1 aromatic rings. The molecule has 1 amide bonds. The van der Waals surface area contributed by atoms with Crippen molar-refractivity contribution in [2.45, 2.75) is 19.6 Å². The molecule has 0 saturated carbocycles. The molecule has 1 aliphatic rings. The molecule has 0 radical (unpaired) electrons. The van der Waals surface area contributed by atoms with Gasteiger partial charge in [0.25, 0.3) is 11.7 Å². The molecule has 19 heavy (non-hydrogen) atoms. The number of amides is 1. The molecule has 5 heteroatoms. The summed E-state index contributed by atoms with van der Waals surface area (Å²) < 4.78 is 10.2. The molecule has 102 valence electrons. The molecule has 0 aromatic heterocycles. The summed E-state index contributed by atoms with van der Waals surface area (Å²) in [5.74, 6) is -0.964. The zero-order valence-corrected chi connectivity index (χ0v) is 11.3. The number of ketones is 1. The zero-order valence-electron chi connectivity index (χ0n) is 11.3. The lowest BCUT2D eigenvalue weighted by Crippen LogP contribution is -2.38. The van der Waals surface area contributed by atoms with Crippen LogP contribution in [0.2, 0.25) is 0 Å². The van der Waals surface area contributed by atoms with Gasteiger partial charge in [-0.05, 0) is 18.1 Å². The number of Topliss-reactive ketones (excluding diaryl/α,β-unsaturated/α-hetero) is 1. The lowest BCUT2D eigenvalue weighted by atomic mass is 10.0. The van der Waals surface area contributed by atoms with Crippen molar-refractivity contribution in [1.29, 1.82) is 0 Å². The van der Waals surface area contributed by atoms with Crippen LogP contribution in [0.25, 0.3) is 0 Å². The molecule has 0 aliphatic carbocycles. The van der Waals surface area contributed by atoms with Crippen LogP contribution in [-0.4, -0.2) is 38.7 Å². The molecule has 2 rings (SSSR count). The Morgan fingerprint density at radius 1 is 1.21 bits per heavy atom. The summed E-state index contributed by atoms with van der Waals surface area (Å²) >= 11 is 0. The highest BCUT2D eigenvalue weighted by atomic mass is 16.7. The van der Waals surface area contributed by atoms with E-state index >= 15 is 0 Å². The number of nitrogens with zero attached hydrogens (tertiary/aromatic N) is 1. The van der Waals surface area contributed by atoms with E-state index in [4.69, 9.17) is 9.47 Å². The van der Waals surface area contributed by atoms with Gasteiger partial charge in [-0.2, -0.15) is 0 Å². The summed E-state index contributed by atoms with van der Waals surface area (Å²) in [5, 5.41) is 0. The predicted octanol–water partition coefficient (Wildman–Crippen LogP) is 1.40. The monoisotopic (exact) mass is 263 g/mol. The van der Waals surface area contributed by atoms with E-state index in [0.29, 0.717) is 17.7 Å². The fraction of sp³-hybridized carbons (Fsp3) is 0.429. The van der Waals surface area contributed by atoms with E-state index in [2.05, 4.69) is 0 Å². The van der Waals surface area contributed by atoms with Crippen molar-refractivity contribution in [1.82, 2.24) is 0 Å². The Morgan fingerprint density at radius 2 is 1.89 bits per heavy atom. The number of carbonyl (C=O) groups is 2. The van der Waals surface area contributed by atoms with Crippen LogP contribution in [-0.2, 0) is 20.7 Å². The van der Waals surface area contributed by atoms with Crippen LogP contribution in [0.1, 0.15) is 22.8 Å². The first-order valence-electron chi connectivity index (χ1n) is 6.17. The second-order valence-corrected chi connectivity index (χ2v) is 4.31. The molecule has 0 unspecified atom stereocenters. The average Bonchev–Trinajstić information content (AvgIpc) is 2.69. The molecule has 1 aliphatic heterocycles. The lowest BCUT2D eigenvalue weighted by molar-refractivity contribution is -0.119. The van der Waals surface area contributed by atoms with Crippen LogP contribution in [0.3, 0.4) is 0 Å². The SMILES string of the molecule is CCc1cccc2c1C(=O)C(=O)N2CC(OC)OC. The van der Waals surface area contributed by atoms with Gasteiger partial charge in [-0.3, -0.25) is 14.5 Å². The predicted molar refractivity (Wildman–Crippen MR) is 70.3 cm³/mol. The standard InChI is InChI=1S/C14H17NO4/c1-4-9-6-5-7-10-12(9)13(16)14(17)15(10)8-11(18-2)19-3/h5-7,11H,4,8H2,1-3H3. The van der Waals surface area contributed by atoms with Crippen LogP contribution >= 0.6 is 0 Å². The van der Waals surface area contributed by atoms with E-state index in [1.165, 1.54) is 19.1 Å². The van der Waals surface area contributed by atoms with Crippen molar-refractivity contribution >= 4 is 17.4 Å². The fourth-order valence-electron chi connectivity index (χ4n) is 2.28. The van der Waals surface area contributed by atoms with E-state index in [0.717, 1.165) is 5.56 Å². The first-order chi connectivity index (χ1) is 9.13. The first-order valence-corrected chi connectivity index (χ1v) is 6.17. The Balaban J connectivity index is 2.39. The summed E-state index contributed by atoms with van der Waals surface area (Å²) in [6.45, 7) is 2.17. The zero-order chi connectivity index (χ0) is 14.0. The van der Waals surface area contributed by atoms with Crippen molar-refractivity contribution in [3.05, 3.63) is 29.3 Å². The molecular formula is C14H17NO4. The number of fused-ring (bicyclic) bond motifs is 1. The maximum Gasteiger partial charge on any atom is 0.299 e. The minimum Gasteiger partial charge on any atom is -0.354 e. The van der Waals surface area contributed by atoms with Gasteiger partial charge in [-0.25, -0.2) is 0 Å². The van der Waals surface area contributed by atoms with Crippen molar-refractivity contribution in [3.63, 3.8) is 0 Å². The van der Waals surface area contributed by atoms with Crippen molar-refractivity contribution in [2.24, 2.45) is 0 Å². The molecule has 0 bridgehead atoms.